The predicted octanol–water partition coefficient (Wildman–Crippen LogP) is 6.35. The first kappa shape index (κ1) is 27.3. The summed E-state index contributed by atoms with van der Waals surface area (Å²) in [5.41, 5.74) is 3.43. The molecule has 1 aromatic heterocycles. The highest BCUT2D eigenvalue weighted by atomic mass is 16.6. The summed E-state index contributed by atoms with van der Waals surface area (Å²) >= 11 is 0. The van der Waals surface area contributed by atoms with E-state index in [4.69, 9.17) is 19.3 Å². The molecule has 9 nitrogen and oxygen atoms in total. The van der Waals surface area contributed by atoms with E-state index in [0.29, 0.717) is 6.54 Å². The van der Waals surface area contributed by atoms with Gasteiger partial charge in [0.25, 0.3) is 0 Å². The van der Waals surface area contributed by atoms with Crippen molar-refractivity contribution in [2.45, 2.75) is 109 Å². The van der Waals surface area contributed by atoms with E-state index in [1.807, 2.05) is 42.6 Å². The van der Waals surface area contributed by atoms with Gasteiger partial charge in [-0.1, -0.05) is 0 Å². The third kappa shape index (κ3) is 5.58. The summed E-state index contributed by atoms with van der Waals surface area (Å²) in [7, 11) is 1.43. The lowest BCUT2D eigenvalue weighted by Gasteiger charge is -2.38. The van der Waals surface area contributed by atoms with E-state index in [2.05, 4.69) is 26.1 Å². The van der Waals surface area contributed by atoms with Crippen LogP contribution in [0.3, 0.4) is 0 Å². The maximum atomic E-state index is 12.7. The molecule has 1 saturated carbocycles. The summed E-state index contributed by atoms with van der Waals surface area (Å²) < 4.78 is 19.4. The topological polar surface area (TPSA) is 86.1 Å². The molecule has 3 heterocycles. The molecular formula is C30H42N4O5. The summed E-state index contributed by atoms with van der Waals surface area (Å²) in [6.07, 6.45) is 10.2. The predicted molar refractivity (Wildman–Crippen MR) is 149 cm³/mol. The molecule has 1 aromatic carbocycles. The van der Waals surface area contributed by atoms with Crippen LogP contribution in [0.1, 0.15) is 84.7 Å². The summed E-state index contributed by atoms with van der Waals surface area (Å²) in [5, 5.41) is 4.76. The van der Waals surface area contributed by atoms with Crippen molar-refractivity contribution in [3.8, 4) is 16.9 Å². The van der Waals surface area contributed by atoms with Crippen LogP contribution in [0.2, 0.25) is 0 Å². The average molecular weight is 539 g/mol. The third-order valence-electron chi connectivity index (χ3n) is 8.22. The number of benzene rings is 1. The number of carbonyl (C=O) groups is 2. The van der Waals surface area contributed by atoms with Gasteiger partial charge in [-0.3, -0.25) is 9.58 Å². The van der Waals surface area contributed by atoms with E-state index < -0.39 is 5.60 Å². The number of methoxy groups -OCH3 is 1. The molecule has 39 heavy (non-hydrogen) atoms. The molecule has 3 aliphatic rings. The fraction of sp³-hybridized carbons (Fsp3) is 0.633. The second-order valence-electron chi connectivity index (χ2n) is 12.2. The summed E-state index contributed by atoms with van der Waals surface area (Å²) in [6, 6.07) is 4.37. The number of aromatic nitrogens is 2. The molecule has 3 atom stereocenters. The van der Waals surface area contributed by atoms with Crippen LogP contribution in [0.25, 0.3) is 11.1 Å². The molecule has 0 bridgehead atoms. The highest BCUT2D eigenvalue weighted by Gasteiger charge is 2.35. The van der Waals surface area contributed by atoms with Crippen molar-refractivity contribution in [3.63, 3.8) is 0 Å². The Morgan fingerprint density at radius 3 is 2.44 bits per heavy atom. The fourth-order valence-corrected chi connectivity index (χ4v) is 5.85. The van der Waals surface area contributed by atoms with Gasteiger partial charge in [0.1, 0.15) is 11.4 Å². The number of likely N-dealkylation sites (tertiary alicyclic amines) is 1. The molecule has 2 aromatic rings. The zero-order valence-electron chi connectivity index (χ0n) is 24.1. The van der Waals surface area contributed by atoms with Crippen LogP contribution in [0, 0.1) is 0 Å². The van der Waals surface area contributed by atoms with Crippen LogP contribution in [0.5, 0.6) is 5.75 Å². The molecule has 1 aliphatic carbocycles. The third-order valence-corrected chi connectivity index (χ3v) is 8.22. The second-order valence-corrected chi connectivity index (χ2v) is 12.2. The van der Waals surface area contributed by atoms with Crippen molar-refractivity contribution >= 4 is 17.9 Å². The van der Waals surface area contributed by atoms with Crippen molar-refractivity contribution in [2.75, 3.05) is 18.6 Å². The van der Waals surface area contributed by atoms with E-state index in [-0.39, 0.29) is 36.4 Å². The first-order valence-corrected chi connectivity index (χ1v) is 14.3. The zero-order valence-corrected chi connectivity index (χ0v) is 24.1. The van der Waals surface area contributed by atoms with Crippen molar-refractivity contribution < 1.29 is 23.8 Å². The van der Waals surface area contributed by atoms with E-state index in [0.717, 1.165) is 66.7 Å². The molecule has 2 fully saturated rings. The van der Waals surface area contributed by atoms with E-state index in [9.17, 15) is 9.59 Å². The maximum absolute atomic E-state index is 12.7. The Labute approximate surface area is 231 Å². The molecule has 0 spiro atoms. The Morgan fingerprint density at radius 2 is 1.79 bits per heavy atom. The van der Waals surface area contributed by atoms with Crippen LogP contribution >= 0.6 is 0 Å². The van der Waals surface area contributed by atoms with Crippen LogP contribution < -0.4 is 9.64 Å². The summed E-state index contributed by atoms with van der Waals surface area (Å²) in [4.78, 5) is 28.9. The van der Waals surface area contributed by atoms with Crippen molar-refractivity contribution in [1.29, 1.82) is 0 Å². The number of carbonyl (C=O) groups excluding carboxylic acids is 2. The standard InChI is InChI=1S/C30H42N4O5/c1-19-10-11-25-26(34(19)29(36)37-6)13-12-24(27(25)38-23-8-7-9-23)21-17-31-33(18-21)22-14-15-32(20(2)16-22)28(35)39-30(3,4)5/h12-13,17-20,22-23H,7-11,14-16H2,1-6H3/t19-,20+,22-/m0/s1. The maximum Gasteiger partial charge on any atom is 0.414 e. The van der Waals surface area contributed by atoms with Gasteiger partial charge in [0, 0.05) is 41.5 Å². The van der Waals surface area contributed by atoms with Crippen molar-refractivity contribution in [3.05, 3.63) is 30.1 Å². The molecule has 2 amide bonds. The van der Waals surface area contributed by atoms with Crippen LogP contribution in [-0.2, 0) is 15.9 Å². The molecule has 1 saturated heterocycles. The molecule has 0 radical (unpaired) electrons. The quantitative estimate of drug-likeness (QED) is 0.451. The number of anilines is 1. The highest BCUT2D eigenvalue weighted by molar-refractivity contribution is 5.92. The summed E-state index contributed by atoms with van der Waals surface area (Å²) in [5.74, 6) is 0.866. The van der Waals surface area contributed by atoms with E-state index in [1.54, 1.807) is 4.90 Å². The summed E-state index contributed by atoms with van der Waals surface area (Å²) in [6.45, 7) is 10.4. The number of rotatable bonds is 4. The molecule has 212 valence electrons. The lowest BCUT2D eigenvalue weighted by Crippen LogP contribution is -2.47. The minimum atomic E-state index is -0.509. The number of nitrogens with zero attached hydrogens (tertiary/aromatic N) is 4. The Morgan fingerprint density at radius 1 is 1.03 bits per heavy atom. The highest BCUT2D eigenvalue weighted by Crippen LogP contribution is 2.45. The van der Waals surface area contributed by atoms with Gasteiger partial charge in [-0.2, -0.15) is 5.10 Å². The van der Waals surface area contributed by atoms with Crippen LogP contribution in [-0.4, -0.2) is 64.3 Å². The van der Waals surface area contributed by atoms with Gasteiger partial charge in [-0.25, -0.2) is 9.59 Å². The number of ether oxygens (including phenoxy) is 3. The van der Waals surface area contributed by atoms with Crippen LogP contribution in [0.15, 0.2) is 24.5 Å². The lowest BCUT2D eigenvalue weighted by molar-refractivity contribution is 0.00729. The normalized spacial score (nSPS) is 23.6. The van der Waals surface area contributed by atoms with Crippen molar-refractivity contribution in [1.82, 2.24) is 14.7 Å². The minimum Gasteiger partial charge on any atom is -0.489 e. The molecule has 9 heteroatoms. The number of amides is 2. The molecule has 0 N–H and O–H groups in total. The number of fused-ring (bicyclic) bond motifs is 1. The Hall–Kier alpha value is -3.23. The second kappa shape index (κ2) is 10.7. The Kier molecular flexibility index (Phi) is 7.53. The van der Waals surface area contributed by atoms with Gasteiger partial charge in [0.15, 0.2) is 0 Å². The Bertz CT molecular complexity index is 1210. The Balaban J connectivity index is 1.40. The lowest BCUT2D eigenvalue weighted by atomic mass is 9.91. The minimum absolute atomic E-state index is 0.0544. The van der Waals surface area contributed by atoms with E-state index in [1.165, 1.54) is 13.5 Å². The molecular weight excluding hydrogens is 496 g/mol. The fourth-order valence-electron chi connectivity index (χ4n) is 5.85. The van der Waals surface area contributed by atoms with Gasteiger partial charge < -0.3 is 19.1 Å². The van der Waals surface area contributed by atoms with Crippen LogP contribution in [0.4, 0.5) is 15.3 Å². The van der Waals surface area contributed by atoms with Gasteiger partial charge in [0.2, 0.25) is 0 Å². The first-order valence-electron chi connectivity index (χ1n) is 14.3. The van der Waals surface area contributed by atoms with Gasteiger partial charge >= 0.3 is 12.2 Å². The van der Waals surface area contributed by atoms with Crippen molar-refractivity contribution in [2.24, 2.45) is 0 Å². The molecule has 5 rings (SSSR count). The SMILES string of the molecule is COC(=O)N1c2ccc(-c3cnn([C@H]4CCN(C(=O)OC(C)(C)C)[C@H](C)C4)c3)c(OC3CCC3)c2CC[C@@H]1C. The molecule has 0 unspecified atom stereocenters. The smallest absolute Gasteiger partial charge is 0.414 e. The van der Waals surface area contributed by atoms with E-state index >= 15 is 0 Å². The monoisotopic (exact) mass is 538 g/mol. The number of hydrogen-bond donors (Lipinski definition) is 0. The van der Waals surface area contributed by atoms with Gasteiger partial charge in [-0.15, -0.1) is 0 Å². The van der Waals surface area contributed by atoms with Gasteiger partial charge in [-0.05, 0) is 91.7 Å². The zero-order chi connectivity index (χ0) is 27.9. The first-order chi connectivity index (χ1) is 18.6. The largest absolute Gasteiger partial charge is 0.489 e. The van der Waals surface area contributed by atoms with Gasteiger partial charge in [0.05, 0.1) is 31.1 Å². The molecule has 2 aliphatic heterocycles. The number of piperidine rings is 1. The average Bonchev–Trinajstić information content (AvgIpc) is 3.34. The number of hydrogen-bond acceptors (Lipinski definition) is 6.